The molecule has 1 aliphatic heterocycles. The number of fused-ring (bicyclic) bond motifs is 1. The molecule has 0 aliphatic carbocycles. The van der Waals surface area contributed by atoms with Crippen molar-refractivity contribution in [2.45, 2.75) is 30.2 Å². The summed E-state index contributed by atoms with van der Waals surface area (Å²) < 4.78 is 5.12. The van der Waals surface area contributed by atoms with Crippen molar-refractivity contribution in [2.24, 2.45) is 0 Å². The van der Waals surface area contributed by atoms with E-state index in [0.29, 0.717) is 10.8 Å². The number of aliphatic hydroxyl groups is 4. The summed E-state index contributed by atoms with van der Waals surface area (Å²) in [5.41, 5.74) is -2.32. The molecule has 1 saturated heterocycles. The Morgan fingerprint density at radius 1 is 0.958 bits per heavy atom. The van der Waals surface area contributed by atoms with Crippen LogP contribution < -0.4 is 29.6 Å². The molecule has 0 saturated carbocycles. The number of aliphatic carboxylic acids is 1. The van der Waals surface area contributed by atoms with Crippen LogP contribution in [0, 0.1) is 0 Å². The third kappa shape index (κ3) is 2.77. The SMILES string of the molecule is O=C(O)[C@@]1(c2cccc3ccccc23)O[C@@H](O)[C@H](O)[C@@H](O)[C@@H]1O.[Na+]. The Balaban J connectivity index is 0.00000208. The summed E-state index contributed by atoms with van der Waals surface area (Å²) in [7, 11) is 0. The number of hydrogen-bond acceptors (Lipinski definition) is 6. The maximum absolute atomic E-state index is 11.9. The fraction of sp³-hybridized carbons (Fsp3) is 0.312. The summed E-state index contributed by atoms with van der Waals surface area (Å²) in [6.07, 6.45) is -7.62. The van der Waals surface area contributed by atoms with E-state index in [9.17, 15) is 30.3 Å². The second-order valence-corrected chi connectivity index (χ2v) is 5.50. The Kier molecular flexibility index (Phi) is 5.68. The first-order chi connectivity index (χ1) is 10.9. The number of carbonyl (C=O) groups is 1. The standard InChI is InChI=1S/C16H16O7.Na/c17-11-12(18)14(20)23-16(13(11)19,15(21)22)10-7-3-5-8-4-1-2-6-9(8)10;/h1-7,11-14,17-20H,(H,21,22);/q;+1/t11-,12-,13+,14-,16+;/m1./s1. The fourth-order valence-electron chi connectivity index (χ4n) is 2.99. The van der Waals surface area contributed by atoms with E-state index in [1.165, 1.54) is 6.07 Å². The van der Waals surface area contributed by atoms with Crippen molar-refractivity contribution in [1.29, 1.82) is 0 Å². The van der Waals surface area contributed by atoms with Crippen molar-refractivity contribution in [1.82, 2.24) is 0 Å². The Bertz CT molecular complexity index is 747. The van der Waals surface area contributed by atoms with Crippen LogP contribution in [0.25, 0.3) is 10.8 Å². The van der Waals surface area contributed by atoms with E-state index in [1.54, 1.807) is 36.4 Å². The van der Waals surface area contributed by atoms with Crippen molar-refractivity contribution in [3.05, 3.63) is 48.0 Å². The molecule has 0 aromatic heterocycles. The van der Waals surface area contributed by atoms with E-state index in [2.05, 4.69) is 0 Å². The molecule has 8 heteroatoms. The summed E-state index contributed by atoms with van der Waals surface area (Å²) in [5.74, 6) is -1.58. The molecule has 1 heterocycles. The van der Waals surface area contributed by atoms with Gasteiger partial charge in [-0.05, 0) is 10.8 Å². The predicted molar refractivity (Wildman–Crippen MR) is 78.4 cm³/mol. The van der Waals surface area contributed by atoms with Crippen molar-refractivity contribution in [3.8, 4) is 0 Å². The molecule has 0 radical (unpaired) electrons. The van der Waals surface area contributed by atoms with Gasteiger partial charge in [0.15, 0.2) is 6.29 Å². The van der Waals surface area contributed by atoms with Crippen LogP contribution in [0.3, 0.4) is 0 Å². The Morgan fingerprint density at radius 2 is 1.58 bits per heavy atom. The van der Waals surface area contributed by atoms with Crippen LogP contribution in [0.2, 0.25) is 0 Å². The summed E-state index contributed by atoms with van der Waals surface area (Å²) in [6, 6.07) is 11.6. The molecular formula is C16H16NaO7+. The van der Waals surface area contributed by atoms with Crippen molar-refractivity contribution < 1.29 is 64.6 Å². The molecule has 24 heavy (non-hydrogen) atoms. The van der Waals surface area contributed by atoms with Gasteiger partial charge in [-0.3, -0.25) is 0 Å². The van der Waals surface area contributed by atoms with Gasteiger partial charge in [0.1, 0.15) is 18.3 Å². The van der Waals surface area contributed by atoms with Crippen molar-refractivity contribution in [2.75, 3.05) is 0 Å². The first-order valence-corrected chi connectivity index (χ1v) is 7.01. The summed E-state index contributed by atoms with van der Waals surface area (Å²) in [5, 5.41) is 50.6. The van der Waals surface area contributed by atoms with Gasteiger partial charge in [0.2, 0.25) is 5.60 Å². The van der Waals surface area contributed by atoms with E-state index in [4.69, 9.17) is 4.74 Å². The predicted octanol–water partition coefficient (Wildman–Crippen LogP) is -3.44. The molecule has 1 fully saturated rings. The van der Waals surface area contributed by atoms with E-state index in [1.807, 2.05) is 0 Å². The third-order valence-corrected chi connectivity index (χ3v) is 4.20. The molecule has 3 rings (SSSR count). The number of benzene rings is 2. The van der Waals surface area contributed by atoms with Gasteiger partial charge in [-0.25, -0.2) is 4.79 Å². The summed E-state index contributed by atoms with van der Waals surface area (Å²) in [4.78, 5) is 11.9. The van der Waals surface area contributed by atoms with Crippen LogP contribution in [-0.4, -0.2) is 56.1 Å². The molecule has 0 spiro atoms. The van der Waals surface area contributed by atoms with Gasteiger partial charge < -0.3 is 30.3 Å². The van der Waals surface area contributed by atoms with Crippen LogP contribution in [0.1, 0.15) is 5.56 Å². The smallest absolute Gasteiger partial charge is 0.479 e. The van der Waals surface area contributed by atoms with Gasteiger partial charge in [0, 0.05) is 5.56 Å². The first-order valence-electron chi connectivity index (χ1n) is 7.01. The monoisotopic (exact) mass is 343 g/mol. The molecule has 0 amide bonds. The zero-order valence-electron chi connectivity index (χ0n) is 12.9. The molecule has 0 bridgehead atoms. The van der Waals surface area contributed by atoms with Crippen LogP contribution in [0.5, 0.6) is 0 Å². The molecule has 2 aromatic carbocycles. The average molecular weight is 343 g/mol. The number of carboxylic acids is 1. The Morgan fingerprint density at radius 3 is 2.25 bits per heavy atom. The van der Waals surface area contributed by atoms with Gasteiger partial charge >= 0.3 is 35.5 Å². The van der Waals surface area contributed by atoms with Gasteiger partial charge in [-0.15, -0.1) is 0 Å². The summed E-state index contributed by atoms with van der Waals surface area (Å²) in [6.45, 7) is 0. The Labute approximate surface area is 159 Å². The second kappa shape index (κ2) is 7.07. The van der Waals surface area contributed by atoms with E-state index >= 15 is 0 Å². The summed E-state index contributed by atoms with van der Waals surface area (Å²) >= 11 is 0. The van der Waals surface area contributed by atoms with Crippen LogP contribution in [0.4, 0.5) is 0 Å². The molecule has 0 unspecified atom stereocenters. The minimum Gasteiger partial charge on any atom is -0.479 e. The zero-order valence-corrected chi connectivity index (χ0v) is 14.9. The van der Waals surface area contributed by atoms with Crippen molar-refractivity contribution in [3.63, 3.8) is 0 Å². The van der Waals surface area contributed by atoms with E-state index in [-0.39, 0.29) is 35.1 Å². The molecule has 1 aliphatic rings. The first kappa shape index (κ1) is 19.3. The maximum atomic E-state index is 11.9. The number of aliphatic hydroxyl groups excluding tert-OH is 4. The largest absolute Gasteiger partial charge is 1.00 e. The number of ether oxygens (including phenoxy) is 1. The van der Waals surface area contributed by atoms with Gasteiger partial charge in [-0.1, -0.05) is 42.5 Å². The molecule has 122 valence electrons. The topological polar surface area (TPSA) is 127 Å². The minimum absolute atomic E-state index is 0. The van der Waals surface area contributed by atoms with Crippen molar-refractivity contribution >= 4 is 16.7 Å². The quantitative estimate of drug-likeness (QED) is 0.359. The van der Waals surface area contributed by atoms with Crippen LogP contribution in [0.15, 0.2) is 42.5 Å². The van der Waals surface area contributed by atoms with Gasteiger partial charge in [-0.2, -0.15) is 0 Å². The number of carboxylic acid groups (broad SMARTS) is 1. The molecular weight excluding hydrogens is 327 g/mol. The third-order valence-electron chi connectivity index (χ3n) is 4.20. The maximum Gasteiger partial charge on any atom is 1.00 e. The Hall–Kier alpha value is -1.03. The molecule has 2 aromatic rings. The number of hydrogen-bond donors (Lipinski definition) is 5. The van der Waals surface area contributed by atoms with Crippen LogP contribution >= 0.6 is 0 Å². The normalized spacial score (nSPS) is 33.0. The van der Waals surface area contributed by atoms with E-state index in [0.717, 1.165) is 0 Å². The van der Waals surface area contributed by atoms with Crippen LogP contribution in [-0.2, 0) is 15.1 Å². The average Bonchev–Trinajstić information content (AvgIpc) is 2.55. The van der Waals surface area contributed by atoms with Gasteiger partial charge in [0.25, 0.3) is 0 Å². The minimum atomic E-state index is -2.40. The molecule has 5 N–H and O–H groups in total. The molecule has 5 atom stereocenters. The van der Waals surface area contributed by atoms with Gasteiger partial charge in [0.05, 0.1) is 0 Å². The fourth-order valence-corrected chi connectivity index (χ4v) is 2.99. The second-order valence-electron chi connectivity index (χ2n) is 5.50. The zero-order chi connectivity index (χ0) is 16.8. The number of rotatable bonds is 2. The molecule has 7 nitrogen and oxygen atoms in total. The van der Waals surface area contributed by atoms with E-state index < -0.39 is 36.2 Å².